The van der Waals surface area contributed by atoms with Crippen molar-refractivity contribution in [1.82, 2.24) is 9.88 Å². The third-order valence-electron chi connectivity index (χ3n) is 3.61. The number of aliphatic hydroxyl groups is 1. The first-order chi connectivity index (χ1) is 9.65. The highest BCUT2D eigenvalue weighted by atomic mass is 16.3. The molecule has 2 N–H and O–H groups in total. The third kappa shape index (κ3) is 3.28. The predicted octanol–water partition coefficient (Wildman–Crippen LogP) is 1.81. The Bertz CT molecular complexity index is 476. The van der Waals surface area contributed by atoms with Crippen molar-refractivity contribution in [1.29, 1.82) is 0 Å². The Kier molecular flexibility index (Phi) is 4.95. The number of amides is 1. The Morgan fingerprint density at radius 1 is 1.55 bits per heavy atom. The van der Waals surface area contributed by atoms with Crippen LogP contribution in [0.3, 0.4) is 0 Å². The lowest BCUT2D eigenvalue weighted by Gasteiger charge is -2.23. The minimum absolute atomic E-state index is 0.00778. The van der Waals surface area contributed by atoms with Gasteiger partial charge in [-0.3, -0.25) is 4.79 Å². The second kappa shape index (κ2) is 6.70. The molecule has 0 saturated carbocycles. The molecule has 5 heteroatoms. The molecular formula is C15H23N3O2. The molecule has 20 heavy (non-hydrogen) atoms. The minimum atomic E-state index is -0.0389. The van der Waals surface area contributed by atoms with Crippen molar-refractivity contribution in [2.24, 2.45) is 0 Å². The lowest BCUT2D eigenvalue weighted by Crippen LogP contribution is -2.37. The van der Waals surface area contributed by atoms with Gasteiger partial charge in [-0.15, -0.1) is 0 Å². The monoisotopic (exact) mass is 277 g/mol. The highest BCUT2D eigenvalue weighted by molar-refractivity contribution is 5.95. The summed E-state index contributed by atoms with van der Waals surface area (Å²) in [7, 11) is 0. The second-order valence-electron chi connectivity index (χ2n) is 5.29. The molecule has 0 radical (unpaired) electrons. The highest BCUT2D eigenvalue weighted by Gasteiger charge is 2.29. The minimum Gasteiger partial charge on any atom is -0.394 e. The number of carbonyl (C=O) groups is 1. The smallest absolute Gasteiger partial charge is 0.254 e. The molecule has 1 atom stereocenters. The summed E-state index contributed by atoms with van der Waals surface area (Å²) in [6.45, 7) is 5.58. The molecule has 110 valence electrons. The Labute approximate surface area is 120 Å². The molecule has 1 aromatic heterocycles. The number of carbonyl (C=O) groups excluding carboxylic acids is 1. The quantitative estimate of drug-likeness (QED) is 0.861. The van der Waals surface area contributed by atoms with Gasteiger partial charge in [0.05, 0.1) is 12.6 Å². The van der Waals surface area contributed by atoms with Gasteiger partial charge in [-0.05, 0) is 38.3 Å². The Hall–Kier alpha value is -1.62. The van der Waals surface area contributed by atoms with Crippen LogP contribution in [0.15, 0.2) is 12.1 Å². The normalized spacial score (nSPS) is 18.4. The number of likely N-dealkylation sites (tertiary alicyclic amines) is 1. The maximum atomic E-state index is 12.6. The highest BCUT2D eigenvalue weighted by Crippen LogP contribution is 2.21. The zero-order valence-corrected chi connectivity index (χ0v) is 12.2. The largest absolute Gasteiger partial charge is 0.394 e. The van der Waals surface area contributed by atoms with Crippen LogP contribution >= 0.6 is 0 Å². The maximum absolute atomic E-state index is 12.6. The van der Waals surface area contributed by atoms with Crippen LogP contribution in [0.1, 0.15) is 42.2 Å². The lowest BCUT2D eigenvalue weighted by molar-refractivity contribution is 0.0677. The van der Waals surface area contributed by atoms with Crippen LogP contribution in [-0.4, -0.2) is 46.6 Å². The van der Waals surface area contributed by atoms with Gasteiger partial charge in [0, 0.05) is 24.3 Å². The van der Waals surface area contributed by atoms with E-state index < -0.39 is 0 Å². The van der Waals surface area contributed by atoms with E-state index in [1.165, 1.54) is 0 Å². The molecule has 1 aliphatic heterocycles. The molecule has 0 aromatic carbocycles. The van der Waals surface area contributed by atoms with Crippen LogP contribution < -0.4 is 5.32 Å². The predicted molar refractivity (Wildman–Crippen MR) is 78.9 cm³/mol. The number of hydrogen-bond acceptors (Lipinski definition) is 4. The molecule has 1 amide bonds. The van der Waals surface area contributed by atoms with Crippen molar-refractivity contribution in [2.75, 3.05) is 25.0 Å². The number of nitrogens with zero attached hydrogens (tertiary/aromatic N) is 2. The number of aromatic nitrogens is 1. The van der Waals surface area contributed by atoms with Crippen molar-refractivity contribution in [2.45, 2.75) is 39.2 Å². The van der Waals surface area contributed by atoms with Gasteiger partial charge >= 0.3 is 0 Å². The van der Waals surface area contributed by atoms with E-state index in [2.05, 4.69) is 17.2 Å². The molecule has 2 heterocycles. The van der Waals surface area contributed by atoms with Gasteiger partial charge in [-0.2, -0.15) is 0 Å². The first-order valence-corrected chi connectivity index (χ1v) is 7.30. The summed E-state index contributed by atoms with van der Waals surface area (Å²) in [4.78, 5) is 18.7. The zero-order valence-electron chi connectivity index (χ0n) is 12.2. The van der Waals surface area contributed by atoms with E-state index in [9.17, 15) is 9.90 Å². The van der Waals surface area contributed by atoms with Gasteiger partial charge in [0.1, 0.15) is 5.82 Å². The van der Waals surface area contributed by atoms with Gasteiger partial charge < -0.3 is 15.3 Å². The summed E-state index contributed by atoms with van der Waals surface area (Å²) in [5.74, 6) is 0.738. The van der Waals surface area contributed by atoms with E-state index in [-0.39, 0.29) is 18.6 Å². The maximum Gasteiger partial charge on any atom is 0.254 e. The van der Waals surface area contributed by atoms with Crippen molar-refractivity contribution >= 4 is 11.7 Å². The van der Waals surface area contributed by atoms with Gasteiger partial charge in [0.15, 0.2) is 0 Å². The Morgan fingerprint density at radius 2 is 2.35 bits per heavy atom. The Balaban J connectivity index is 2.18. The molecule has 0 bridgehead atoms. The second-order valence-corrected chi connectivity index (χ2v) is 5.29. The number of hydrogen-bond donors (Lipinski definition) is 2. The van der Waals surface area contributed by atoms with E-state index in [1.807, 2.05) is 13.0 Å². The van der Waals surface area contributed by atoms with Crippen LogP contribution in [0.4, 0.5) is 5.82 Å². The van der Waals surface area contributed by atoms with E-state index in [1.54, 1.807) is 11.0 Å². The summed E-state index contributed by atoms with van der Waals surface area (Å²) in [6.07, 6.45) is 2.85. The average Bonchev–Trinajstić information content (AvgIpc) is 2.92. The first-order valence-electron chi connectivity index (χ1n) is 7.30. The fourth-order valence-electron chi connectivity index (χ4n) is 2.59. The summed E-state index contributed by atoms with van der Waals surface area (Å²) in [5, 5.41) is 12.6. The molecule has 1 saturated heterocycles. The van der Waals surface area contributed by atoms with Crippen LogP contribution in [-0.2, 0) is 0 Å². The van der Waals surface area contributed by atoms with E-state index >= 15 is 0 Å². The number of aliphatic hydroxyl groups excluding tert-OH is 1. The molecule has 5 nitrogen and oxygen atoms in total. The molecule has 0 spiro atoms. The van der Waals surface area contributed by atoms with Crippen molar-refractivity contribution in [3.05, 3.63) is 23.4 Å². The van der Waals surface area contributed by atoms with Crippen LogP contribution in [0.25, 0.3) is 0 Å². The molecular weight excluding hydrogens is 254 g/mol. The molecule has 1 unspecified atom stereocenters. The summed E-state index contributed by atoms with van der Waals surface area (Å²) < 4.78 is 0. The number of rotatable bonds is 5. The summed E-state index contributed by atoms with van der Waals surface area (Å²) in [6, 6.07) is 3.58. The van der Waals surface area contributed by atoms with Gasteiger partial charge in [-0.1, -0.05) is 6.92 Å². The number of aryl methyl sites for hydroxylation is 1. The van der Waals surface area contributed by atoms with Crippen molar-refractivity contribution < 1.29 is 9.90 Å². The third-order valence-corrected chi connectivity index (χ3v) is 3.61. The fraction of sp³-hybridized carbons (Fsp3) is 0.600. The van der Waals surface area contributed by atoms with E-state index in [0.717, 1.165) is 43.9 Å². The fourth-order valence-corrected chi connectivity index (χ4v) is 2.59. The van der Waals surface area contributed by atoms with Crippen LogP contribution in [0.5, 0.6) is 0 Å². The van der Waals surface area contributed by atoms with Gasteiger partial charge in [0.25, 0.3) is 5.91 Å². The number of anilines is 1. The van der Waals surface area contributed by atoms with Crippen molar-refractivity contribution in [3.8, 4) is 0 Å². The van der Waals surface area contributed by atoms with Crippen molar-refractivity contribution in [3.63, 3.8) is 0 Å². The van der Waals surface area contributed by atoms with Crippen LogP contribution in [0, 0.1) is 6.92 Å². The molecule has 2 rings (SSSR count). The molecule has 1 aromatic rings. The lowest BCUT2D eigenvalue weighted by atomic mass is 10.1. The molecule has 0 aliphatic carbocycles. The average molecular weight is 277 g/mol. The first kappa shape index (κ1) is 14.8. The number of pyridine rings is 1. The summed E-state index contributed by atoms with van der Waals surface area (Å²) in [5.41, 5.74) is 1.48. The van der Waals surface area contributed by atoms with Crippen LogP contribution in [0.2, 0.25) is 0 Å². The number of nitrogens with one attached hydrogen (secondary N) is 1. The molecule has 1 fully saturated rings. The zero-order chi connectivity index (χ0) is 14.5. The van der Waals surface area contributed by atoms with E-state index in [0.29, 0.717) is 5.56 Å². The Morgan fingerprint density at radius 3 is 3.05 bits per heavy atom. The van der Waals surface area contributed by atoms with E-state index in [4.69, 9.17) is 0 Å². The van der Waals surface area contributed by atoms with Gasteiger partial charge in [-0.25, -0.2) is 4.98 Å². The summed E-state index contributed by atoms with van der Waals surface area (Å²) >= 11 is 0. The standard InChI is InChI=1S/C15H23N3O2/c1-3-6-16-14-9-12(8-11(2)17-14)15(20)18-7-4-5-13(18)10-19/h8-9,13,19H,3-7,10H2,1-2H3,(H,16,17). The topological polar surface area (TPSA) is 65.5 Å². The molecule has 1 aliphatic rings. The van der Waals surface area contributed by atoms with Gasteiger partial charge in [0.2, 0.25) is 0 Å². The SMILES string of the molecule is CCCNc1cc(C(=O)N2CCCC2CO)cc(C)n1.